The number of carbonyl (C=O) groups is 1. The lowest BCUT2D eigenvalue weighted by Gasteiger charge is -1.91. The molecule has 0 aliphatic carbocycles. The van der Waals surface area contributed by atoms with Gasteiger partial charge in [-0.25, -0.2) is 4.79 Å². The summed E-state index contributed by atoms with van der Waals surface area (Å²) in [5.74, 6) is -1.56. The van der Waals surface area contributed by atoms with E-state index in [1.165, 1.54) is 7.11 Å². The summed E-state index contributed by atoms with van der Waals surface area (Å²) in [5.41, 5.74) is 4.61. The van der Waals surface area contributed by atoms with Gasteiger partial charge in [0.2, 0.25) is 11.5 Å². The first-order valence-corrected chi connectivity index (χ1v) is 3.09. The number of nitrogens with zero attached hydrogens (tertiary/aromatic N) is 3. The Morgan fingerprint density at radius 1 is 1.77 bits per heavy atom. The molecule has 0 bridgehead atoms. The lowest BCUT2D eigenvalue weighted by molar-refractivity contribution is -0.129. The summed E-state index contributed by atoms with van der Waals surface area (Å²) in [6.07, 6.45) is 0. The molecule has 0 radical (unpaired) electrons. The van der Waals surface area contributed by atoms with Crippen LogP contribution in [0.2, 0.25) is 0 Å². The van der Waals surface area contributed by atoms with Crippen LogP contribution in [-0.2, 0) is 9.63 Å². The van der Waals surface area contributed by atoms with Crippen LogP contribution in [0.1, 0.15) is 5.82 Å². The molecule has 0 unspecified atom stereocenters. The molecule has 13 heavy (non-hydrogen) atoms. The van der Waals surface area contributed by atoms with Crippen LogP contribution < -0.4 is 5.73 Å². The van der Waals surface area contributed by atoms with Gasteiger partial charge in [-0.3, -0.25) is 0 Å². The fourth-order valence-electron chi connectivity index (χ4n) is 0.598. The number of aliphatic carboxylic acids is 1. The molecule has 0 fully saturated rings. The summed E-state index contributed by atoms with van der Waals surface area (Å²) in [6.45, 7) is 0. The highest BCUT2D eigenvalue weighted by atomic mass is 16.6. The van der Waals surface area contributed by atoms with Crippen LogP contribution in [0.3, 0.4) is 0 Å². The molecular weight excluding hydrogens is 180 g/mol. The normalized spacial score (nSPS) is 11.3. The lowest BCUT2D eigenvalue weighted by Crippen LogP contribution is -2.16. The van der Waals surface area contributed by atoms with Gasteiger partial charge < -0.3 is 20.2 Å². The quantitative estimate of drug-likeness (QED) is 0.462. The summed E-state index contributed by atoms with van der Waals surface area (Å²) in [7, 11) is 1.20. The molecule has 70 valence electrons. The Labute approximate surface area is 72.0 Å². The maximum absolute atomic E-state index is 10.5. The van der Waals surface area contributed by atoms with Gasteiger partial charge in [-0.2, -0.15) is 4.98 Å². The maximum atomic E-state index is 10.5. The van der Waals surface area contributed by atoms with E-state index in [1.54, 1.807) is 0 Å². The van der Waals surface area contributed by atoms with Crippen molar-refractivity contribution in [3.05, 3.63) is 5.82 Å². The number of hydrogen-bond donors (Lipinski definition) is 2. The summed E-state index contributed by atoms with van der Waals surface area (Å²) >= 11 is 0. The second-order valence-electron chi connectivity index (χ2n) is 1.88. The highest BCUT2D eigenvalue weighted by Gasteiger charge is 2.19. The van der Waals surface area contributed by atoms with Crippen molar-refractivity contribution in [3.63, 3.8) is 0 Å². The van der Waals surface area contributed by atoms with E-state index in [0.29, 0.717) is 0 Å². The molecule has 0 saturated heterocycles. The van der Waals surface area contributed by atoms with Gasteiger partial charge in [0, 0.05) is 0 Å². The van der Waals surface area contributed by atoms with Crippen LogP contribution in [0.25, 0.3) is 0 Å². The van der Waals surface area contributed by atoms with Crippen molar-refractivity contribution >= 4 is 17.7 Å². The molecule has 8 heteroatoms. The molecule has 0 aromatic carbocycles. The fraction of sp³-hybridized carbons (Fsp3) is 0.200. The standard InChI is InChI=1S/C5H6N4O4/c1-12-8-2(4(10)11)3-7-5(6)13-9-3/h1H3,(H,10,11)(H2,6,7,9). The first-order valence-electron chi connectivity index (χ1n) is 3.09. The third kappa shape index (κ3) is 1.92. The third-order valence-corrected chi connectivity index (χ3v) is 1.04. The first kappa shape index (κ1) is 8.97. The van der Waals surface area contributed by atoms with Gasteiger partial charge in [0.1, 0.15) is 7.11 Å². The van der Waals surface area contributed by atoms with Gasteiger partial charge in [0.15, 0.2) is 0 Å². The van der Waals surface area contributed by atoms with E-state index >= 15 is 0 Å². The Morgan fingerprint density at radius 2 is 2.46 bits per heavy atom. The molecule has 0 atom stereocenters. The van der Waals surface area contributed by atoms with Gasteiger partial charge in [0.25, 0.3) is 0 Å². The summed E-state index contributed by atoms with van der Waals surface area (Å²) in [6, 6.07) is -0.236. The molecule has 1 heterocycles. The SMILES string of the molecule is CON=C(C(=O)O)c1noc(N)n1. The van der Waals surface area contributed by atoms with E-state index in [9.17, 15) is 4.79 Å². The Morgan fingerprint density at radius 3 is 2.85 bits per heavy atom. The minimum absolute atomic E-state index is 0.230. The lowest BCUT2D eigenvalue weighted by atomic mass is 10.4. The van der Waals surface area contributed by atoms with E-state index in [1.807, 2.05) is 0 Å². The van der Waals surface area contributed by atoms with E-state index in [-0.39, 0.29) is 11.8 Å². The van der Waals surface area contributed by atoms with E-state index in [2.05, 4.69) is 24.7 Å². The predicted octanol–water partition coefficient (Wildman–Crippen LogP) is -0.913. The molecule has 8 nitrogen and oxygen atoms in total. The molecule has 0 spiro atoms. The number of rotatable bonds is 3. The number of anilines is 1. The fourth-order valence-corrected chi connectivity index (χ4v) is 0.598. The van der Waals surface area contributed by atoms with Gasteiger partial charge >= 0.3 is 12.0 Å². The number of hydrogen-bond acceptors (Lipinski definition) is 7. The third-order valence-electron chi connectivity index (χ3n) is 1.04. The molecule has 1 rings (SSSR count). The van der Waals surface area contributed by atoms with Crippen molar-refractivity contribution < 1.29 is 19.3 Å². The van der Waals surface area contributed by atoms with Gasteiger partial charge in [-0.15, -0.1) is 0 Å². The monoisotopic (exact) mass is 186 g/mol. The zero-order valence-electron chi connectivity index (χ0n) is 6.59. The van der Waals surface area contributed by atoms with E-state index < -0.39 is 11.7 Å². The van der Waals surface area contributed by atoms with Crippen molar-refractivity contribution in [1.29, 1.82) is 0 Å². The number of oxime groups is 1. The molecular formula is C5H6N4O4. The zero-order valence-corrected chi connectivity index (χ0v) is 6.59. The number of aromatic nitrogens is 2. The van der Waals surface area contributed by atoms with Crippen LogP contribution in [0.15, 0.2) is 9.68 Å². The summed E-state index contributed by atoms with van der Waals surface area (Å²) < 4.78 is 4.36. The second-order valence-corrected chi connectivity index (χ2v) is 1.88. The van der Waals surface area contributed by atoms with Crippen molar-refractivity contribution in [2.24, 2.45) is 5.16 Å². The van der Waals surface area contributed by atoms with Crippen molar-refractivity contribution in [3.8, 4) is 0 Å². The average Bonchev–Trinajstić information content (AvgIpc) is 2.46. The molecule has 0 aliphatic rings. The number of carboxylic acid groups (broad SMARTS) is 1. The largest absolute Gasteiger partial charge is 0.476 e. The topological polar surface area (TPSA) is 124 Å². The van der Waals surface area contributed by atoms with Crippen LogP contribution in [0, 0.1) is 0 Å². The molecule has 0 aliphatic heterocycles. The van der Waals surface area contributed by atoms with Gasteiger partial charge in [-0.1, -0.05) is 10.3 Å². The van der Waals surface area contributed by atoms with Crippen molar-refractivity contribution in [2.45, 2.75) is 0 Å². The smallest absolute Gasteiger partial charge is 0.362 e. The Kier molecular flexibility index (Phi) is 2.43. The molecule has 3 N–H and O–H groups in total. The van der Waals surface area contributed by atoms with E-state index in [4.69, 9.17) is 10.8 Å². The minimum Gasteiger partial charge on any atom is -0.476 e. The van der Waals surface area contributed by atoms with Crippen LogP contribution in [0.5, 0.6) is 0 Å². The first-order chi connectivity index (χ1) is 6.15. The van der Waals surface area contributed by atoms with Crippen molar-refractivity contribution in [1.82, 2.24) is 10.1 Å². The zero-order chi connectivity index (χ0) is 9.84. The number of nitrogen functional groups attached to an aromatic ring is 1. The second kappa shape index (κ2) is 3.52. The predicted molar refractivity (Wildman–Crippen MR) is 39.9 cm³/mol. The Balaban J connectivity index is 3.02. The number of carboxylic acids is 1. The van der Waals surface area contributed by atoms with E-state index in [0.717, 1.165) is 0 Å². The minimum atomic E-state index is -1.33. The highest BCUT2D eigenvalue weighted by molar-refractivity contribution is 6.41. The van der Waals surface area contributed by atoms with Gasteiger partial charge in [0.05, 0.1) is 0 Å². The Hall–Kier alpha value is -2.12. The van der Waals surface area contributed by atoms with Crippen molar-refractivity contribution in [2.75, 3.05) is 12.8 Å². The Bertz CT molecular complexity index is 344. The molecule has 0 amide bonds. The summed E-state index contributed by atoms with van der Waals surface area (Å²) in [4.78, 5) is 18.3. The number of nitrogens with two attached hydrogens (primary N) is 1. The highest BCUT2D eigenvalue weighted by Crippen LogP contribution is 2.00. The van der Waals surface area contributed by atoms with Crippen LogP contribution in [-0.4, -0.2) is 34.0 Å². The van der Waals surface area contributed by atoms with Crippen LogP contribution >= 0.6 is 0 Å². The average molecular weight is 186 g/mol. The van der Waals surface area contributed by atoms with Gasteiger partial charge in [-0.05, 0) is 0 Å². The maximum Gasteiger partial charge on any atom is 0.362 e. The molecule has 1 aromatic heterocycles. The van der Waals surface area contributed by atoms with Crippen LogP contribution in [0.4, 0.5) is 6.01 Å². The molecule has 0 saturated carbocycles. The summed E-state index contributed by atoms with van der Waals surface area (Å²) in [5, 5.41) is 15.0. The molecule has 1 aromatic rings.